The summed E-state index contributed by atoms with van der Waals surface area (Å²) in [5, 5.41) is 20.0. The Morgan fingerprint density at radius 1 is 1.38 bits per heavy atom. The van der Waals surface area contributed by atoms with Gasteiger partial charge in [0, 0.05) is 29.7 Å². The molecule has 6 heteroatoms. The summed E-state index contributed by atoms with van der Waals surface area (Å²) in [5.74, 6) is -0.0100. The lowest BCUT2D eigenvalue weighted by Crippen LogP contribution is -2.39. The van der Waals surface area contributed by atoms with Crippen LogP contribution in [0, 0.1) is 16.0 Å². The third-order valence-electron chi connectivity index (χ3n) is 2.99. The number of hydrogen-bond acceptors (Lipinski definition) is 5. The lowest BCUT2D eigenvalue weighted by atomic mass is 9.82. The summed E-state index contributed by atoms with van der Waals surface area (Å²) in [7, 11) is 0. The molecule has 6 nitrogen and oxygen atoms in total. The van der Waals surface area contributed by atoms with Gasteiger partial charge in [-0.15, -0.1) is 0 Å². The van der Waals surface area contributed by atoms with Gasteiger partial charge in [-0.1, -0.05) is 0 Å². The first-order chi connectivity index (χ1) is 6.18. The van der Waals surface area contributed by atoms with Gasteiger partial charge in [-0.3, -0.25) is 15.5 Å². The van der Waals surface area contributed by atoms with Gasteiger partial charge in [0.2, 0.25) is 6.04 Å². The zero-order chi connectivity index (χ0) is 9.42. The van der Waals surface area contributed by atoms with Crippen molar-refractivity contribution >= 4 is 0 Å². The Bertz CT molecular complexity index is 223. The van der Waals surface area contributed by atoms with E-state index in [4.69, 9.17) is 0 Å². The van der Waals surface area contributed by atoms with Gasteiger partial charge < -0.3 is 5.11 Å². The molecule has 0 aromatic heterocycles. The van der Waals surface area contributed by atoms with Crippen molar-refractivity contribution in [2.75, 3.05) is 0 Å². The average Bonchev–Trinajstić information content (AvgIpc) is 2.47. The standard InChI is InChI=1S/C7H13N3O3/c11-7-5-3-4(10(12)13)1-2-6(5)8-9-7/h4-9,11H,1-3H2. The minimum Gasteiger partial charge on any atom is -0.377 e. The topological polar surface area (TPSA) is 87.4 Å². The van der Waals surface area contributed by atoms with Crippen molar-refractivity contribution in [1.29, 1.82) is 0 Å². The summed E-state index contributed by atoms with van der Waals surface area (Å²) < 4.78 is 0. The first-order valence-corrected chi connectivity index (χ1v) is 4.51. The van der Waals surface area contributed by atoms with E-state index >= 15 is 0 Å². The number of nitrogens with zero attached hydrogens (tertiary/aromatic N) is 1. The molecule has 0 aromatic rings. The first-order valence-electron chi connectivity index (χ1n) is 4.51. The van der Waals surface area contributed by atoms with Gasteiger partial charge in [-0.2, -0.15) is 0 Å². The van der Waals surface area contributed by atoms with Gasteiger partial charge in [0.1, 0.15) is 6.23 Å². The van der Waals surface area contributed by atoms with Crippen molar-refractivity contribution in [3.8, 4) is 0 Å². The van der Waals surface area contributed by atoms with E-state index in [1.807, 2.05) is 0 Å². The predicted octanol–water partition coefficient (Wildman–Crippen LogP) is -0.773. The highest BCUT2D eigenvalue weighted by Gasteiger charge is 2.43. The molecule has 2 aliphatic rings. The fourth-order valence-corrected chi connectivity index (χ4v) is 2.20. The maximum absolute atomic E-state index is 10.5. The number of aliphatic hydroxyl groups is 1. The number of nitrogens with one attached hydrogen (secondary N) is 2. The van der Waals surface area contributed by atoms with E-state index in [9.17, 15) is 15.2 Å². The van der Waals surface area contributed by atoms with Crippen LogP contribution in [0.5, 0.6) is 0 Å². The van der Waals surface area contributed by atoms with Gasteiger partial charge in [0.15, 0.2) is 0 Å². The highest BCUT2D eigenvalue weighted by molar-refractivity contribution is 4.91. The molecule has 0 amide bonds. The first kappa shape index (κ1) is 8.86. The van der Waals surface area contributed by atoms with Gasteiger partial charge in [-0.25, -0.2) is 5.43 Å². The van der Waals surface area contributed by atoms with Crippen LogP contribution in [-0.4, -0.2) is 28.3 Å². The number of aliphatic hydroxyl groups excluding tert-OH is 1. The zero-order valence-corrected chi connectivity index (χ0v) is 7.14. The Morgan fingerprint density at radius 2 is 2.15 bits per heavy atom. The largest absolute Gasteiger partial charge is 0.377 e. The molecule has 0 radical (unpaired) electrons. The minimum absolute atomic E-state index is 0.0100. The van der Waals surface area contributed by atoms with Gasteiger partial charge >= 0.3 is 0 Å². The lowest BCUT2D eigenvalue weighted by Gasteiger charge is -2.26. The second-order valence-electron chi connectivity index (χ2n) is 3.76. The normalized spacial score (nSPS) is 44.4. The molecule has 74 valence electrons. The summed E-state index contributed by atoms with van der Waals surface area (Å²) in [4.78, 5) is 10.3. The van der Waals surface area contributed by atoms with Crippen LogP contribution in [0.25, 0.3) is 0 Å². The second-order valence-corrected chi connectivity index (χ2v) is 3.76. The molecule has 0 aromatic carbocycles. The maximum atomic E-state index is 10.5. The van der Waals surface area contributed by atoms with Crippen LogP contribution in [0.1, 0.15) is 19.3 Å². The summed E-state index contributed by atoms with van der Waals surface area (Å²) in [6.07, 6.45) is 1.21. The number of hydrazine groups is 1. The van der Waals surface area contributed by atoms with Crippen molar-refractivity contribution in [1.82, 2.24) is 10.9 Å². The fourth-order valence-electron chi connectivity index (χ4n) is 2.20. The van der Waals surface area contributed by atoms with E-state index < -0.39 is 12.3 Å². The molecular formula is C7H13N3O3. The summed E-state index contributed by atoms with van der Waals surface area (Å²) in [6.45, 7) is 0. The van der Waals surface area contributed by atoms with Crippen molar-refractivity contribution < 1.29 is 10.0 Å². The Morgan fingerprint density at radius 3 is 2.85 bits per heavy atom. The minimum atomic E-state index is -0.632. The third-order valence-corrected chi connectivity index (χ3v) is 2.99. The summed E-state index contributed by atoms with van der Waals surface area (Å²) in [6, 6.07) is -0.274. The van der Waals surface area contributed by atoms with Crippen molar-refractivity contribution in [3.05, 3.63) is 10.1 Å². The van der Waals surface area contributed by atoms with Crippen LogP contribution in [0.15, 0.2) is 0 Å². The van der Waals surface area contributed by atoms with E-state index in [-0.39, 0.29) is 16.9 Å². The smallest absolute Gasteiger partial charge is 0.213 e. The highest BCUT2D eigenvalue weighted by Crippen LogP contribution is 2.30. The monoisotopic (exact) mass is 187 g/mol. The predicted molar refractivity (Wildman–Crippen MR) is 44.2 cm³/mol. The van der Waals surface area contributed by atoms with Crippen LogP contribution in [-0.2, 0) is 0 Å². The summed E-state index contributed by atoms with van der Waals surface area (Å²) in [5.41, 5.74) is 5.65. The quantitative estimate of drug-likeness (QED) is 0.370. The Kier molecular flexibility index (Phi) is 2.19. The van der Waals surface area contributed by atoms with Crippen molar-refractivity contribution in [3.63, 3.8) is 0 Å². The molecule has 1 heterocycles. The molecule has 1 aliphatic heterocycles. The highest BCUT2D eigenvalue weighted by atomic mass is 16.6. The van der Waals surface area contributed by atoms with Crippen molar-refractivity contribution in [2.45, 2.75) is 37.6 Å². The molecule has 2 fully saturated rings. The summed E-state index contributed by atoms with van der Waals surface area (Å²) >= 11 is 0. The third kappa shape index (κ3) is 1.52. The molecule has 1 aliphatic carbocycles. The van der Waals surface area contributed by atoms with E-state index in [2.05, 4.69) is 10.9 Å². The zero-order valence-electron chi connectivity index (χ0n) is 7.14. The van der Waals surface area contributed by atoms with Crippen LogP contribution >= 0.6 is 0 Å². The molecule has 0 spiro atoms. The molecule has 0 bridgehead atoms. The van der Waals surface area contributed by atoms with Crippen LogP contribution in [0.3, 0.4) is 0 Å². The Labute approximate surface area is 75.4 Å². The van der Waals surface area contributed by atoms with Crippen LogP contribution in [0.2, 0.25) is 0 Å². The Hall–Kier alpha value is -0.720. The van der Waals surface area contributed by atoms with E-state index in [0.29, 0.717) is 12.8 Å². The van der Waals surface area contributed by atoms with E-state index in [1.54, 1.807) is 0 Å². The number of rotatable bonds is 1. The van der Waals surface area contributed by atoms with E-state index in [1.165, 1.54) is 0 Å². The number of nitro groups is 1. The van der Waals surface area contributed by atoms with Gasteiger partial charge in [-0.05, 0) is 6.42 Å². The molecule has 1 saturated carbocycles. The molecule has 13 heavy (non-hydrogen) atoms. The second kappa shape index (κ2) is 3.21. The molecular weight excluding hydrogens is 174 g/mol. The molecule has 1 saturated heterocycles. The molecule has 3 N–H and O–H groups in total. The van der Waals surface area contributed by atoms with Gasteiger partial charge in [0.25, 0.3) is 0 Å². The molecule has 2 rings (SSSR count). The average molecular weight is 187 g/mol. The fraction of sp³-hybridized carbons (Fsp3) is 1.00. The SMILES string of the molecule is O=[N+]([O-])C1CCC2NNC(O)C2C1. The molecule has 4 unspecified atom stereocenters. The lowest BCUT2D eigenvalue weighted by molar-refractivity contribution is -0.528. The number of fused-ring (bicyclic) bond motifs is 1. The van der Waals surface area contributed by atoms with Crippen LogP contribution < -0.4 is 10.9 Å². The van der Waals surface area contributed by atoms with E-state index in [0.717, 1.165) is 6.42 Å². The maximum Gasteiger partial charge on any atom is 0.213 e. The van der Waals surface area contributed by atoms with Gasteiger partial charge in [0.05, 0.1) is 0 Å². The van der Waals surface area contributed by atoms with Crippen LogP contribution in [0.4, 0.5) is 0 Å². The number of hydrogen-bond donors (Lipinski definition) is 3. The molecule has 4 atom stereocenters. The van der Waals surface area contributed by atoms with Crippen molar-refractivity contribution in [2.24, 2.45) is 5.92 Å². The Balaban J connectivity index is 2.01.